The number of carboxylic acid groups (broad SMARTS) is 1. The van der Waals surface area contributed by atoms with Gasteiger partial charge in [-0.1, -0.05) is 0 Å². The molecule has 3 N–H and O–H groups in total. The Morgan fingerprint density at radius 2 is 1.50 bits per heavy atom. The normalized spacial score (nSPS) is 10.9. The number of aliphatic carboxylic acids is 1. The highest BCUT2D eigenvalue weighted by molar-refractivity contribution is 7.57. The van der Waals surface area contributed by atoms with Gasteiger partial charge in [0, 0.05) is 6.42 Å². The molecule has 0 aromatic rings. The van der Waals surface area contributed by atoms with E-state index in [4.69, 9.17) is 15.6 Å². The molecule has 96 valence electrons. The second-order valence-corrected chi connectivity index (χ2v) is 6.04. The Labute approximate surface area is 95.8 Å². The van der Waals surface area contributed by atoms with Crippen molar-refractivity contribution in [2.24, 2.45) is 0 Å². The molecule has 0 aliphatic rings. The summed E-state index contributed by atoms with van der Waals surface area (Å²) in [5, 5.41) is 24.9. The van der Waals surface area contributed by atoms with Crippen LogP contribution in [0.15, 0.2) is 0 Å². The average molecular weight is 254 g/mol. The molecule has 0 aliphatic carbocycles. The molecule has 0 spiro atoms. The number of hydrogen-bond acceptors (Lipinski definition) is 5. The van der Waals surface area contributed by atoms with Crippen LogP contribution in [0.25, 0.3) is 0 Å². The second-order valence-electron chi connectivity index (χ2n) is 3.36. The van der Waals surface area contributed by atoms with Gasteiger partial charge in [0.05, 0.1) is 13.2 Å². The molecule has 0 aliphatic heterocycles. The van der Waals surface area contributed by atoms with Gasteiger partial charge in [-0.05, 0) is 31.3 Å². The van der Waals surface area contributed by atoms with E-state index in [2.05, 4.69) is 9.78 Å². The molecule has 0 fully saturated rings. The topological polar surface area (TPSA) is 96.2 Å². The Morgan fingerprint density at radius 1 is 1.00 bits per heavy atom. The lowest BCUT2D eigenvalue weighted by atomic mass is 10.5. The van der Waals surface area contributed by atoms with E-state index in [9.17, 15) is 4.79 Å². The average Bonchev–Trinajstić information content (AvgIpc) is 2.25. The largest absolute Gasteiger partial charge is 0.481 e. The van der Waals surface area contributed by atoms with Gasteiger partial charge >= 0.3 is 5.97 Å². The smallest absolute Gasteiger partial charge is 0.303 e. The maximum atomic E-state index is 10.4. The quantitative estimate of drug-likeness (QED) is 0.225. The third-order valence-electron chi connectivity index (χ3n) is 2.06. The summed E-state index contributed by atoms with van der Waals surface area (Å²) in [5.74, 6) is -0.788. The SMILES string of the molecule is O=C(O)CCP(CCCOO)CCCOO. The Kier molecular flexibility index (Phi) is 11.0. The Balaban J connectivity index is 3.71. The molecule has 0 bridgehead atoms. The summed E-state index contributed by atoms with van der Waals surface area (Å²) in [6, 6.07) is 0. The van der Waals surface area contributed by atoms with E-state index in [1.165, 1.54) is 0 Å². The van der Waals surface area contributed by atoms with Crippen LogP contribution in [0.3, 0.4) is 0 Å². The van der Waals surface area contributed by atoms with E-state index in [1.54, 1.807) is 0 Å². The first-order valence-electron chi connectivity index (χ1n) is 5.17. The molecule has 0 atom stereocenters. The van der Waals surface area contributed by atoms with E-state index in [-0.39, 0.29) is 27.6 Å². The van der Waals surface area contributed by atoms with E-state index in [1.807, 2.05) is 0 Å². The van der Waals surface area contributed by atoms with Crippen LogP contribution in [0.5, 0.6) is 0 Å². The van der Waals surface area contributed by atoms with Crippen molar-refractivity contribution in [3.8, 4) is 0 Å². The summed E-state index contributed by atoms with van der Waals surface area (Å²) in [5.41, 5.74) is 0. The van der Waals surface area contributed by atoms with Gasteiger partial charge in [-0.25, -0.2) is 9.78 Å². The lowest BCUT2D eigenvalue weighted by molar-refractivity contribution is -0.241. The van der Waals surface area contributed by atoms with Crippen molar-refractivity contribution >= 4 is 13.9 Å². The van der Waals surface area contributed by atoms with Gasteiger partial charge in [0.1, 0.15) is 0 Å². The molecule has 0 unspecified atom stereocenters. The molecule has 0 radical (unpaired) electrons. The molecular formula is C9H19O6P. The summed E-state index contributed by atoms with van der Waals surface area (Å²) in [4.78, 5) is 18.4. The third kappa shape index (κ3) is 10.3. The summed E-state index contributed by atoms with van der Waals surface area (Å²) in [6.45, 7) is 0.560. The molecule has 0 amide bonds. The van der Waals surface area contributed by atoms with Crippen molar-refractivity contribution in [3.63, 3.8) is 0 Å². The van der Waals surface area contributed by atoms with Crippen LogP contribution >= 0.6 is 7.92 Å². The highest BCUT2D eigenvalue weighted by atomic mass is 31.1. The molecule has 0 saturated carbocycles. The van der Waals surface area contributed by atoms with Crippen LogP contribution in [0.1, 0.15) is 19.3 Å². The maximum Gasteiger partial charge on any atom is 0.303 e. The van der Waals surface area contributed by atoms with Crippen molar-refractivity contribution in [2.45, 2.75) is 19.3 Å². The van der Waals surface area contributed by atoms with Gasteiger partial charge in [-0.2, -0.15) is 0 Å². The number of hydrogen-bond donors (Lipinski definition) is 3. The molecule has 16 heavy (non-hydrogen) atoms. The van der Waals surface area contributed by atoms with Crippen LogP contribution in [-0.4, -0.2) is 53.3 Å². The number of carboxylic acids is 1. The monoisotopic (exact) mass is 254 g/mol. The lowest BCUT2D eigenvalue weighted by Gasteiger charge is -2.15. The zero-order valence-electron chi connectivity index (χ0n) is 9.17. The first-order chi connectivity index (χ1) is 7.70. The summed E-state index contributed by atoms with van der Waals surface area (Å²) < 4.78 is 0. The fraction of sp³-hybridized carbons (Fsp3) is 0.889. The van der Waals surface area contributed by atoms with Crippen LogP contribution in [0.2, 0.25) is 0 Å². The zero-order valence-corrected chi connectivity index (χ0v) is 10.1. The van der Waals surface area contributed by atoms with Crippen molar-refractivity contribution in [2.75, 3.05) is 31.7 Å². The van der Waals surface area contributed by atoms with Crippen molar-refractivity contribution in [1.82, 2.24) is 0 Å². The van der Waals surface area contributed by atoms with Crippen LogP contribution in [0, 0.1) is 0 Å². The van der Waals surface area contributed by atoms with Gasteiger partial charge in [0.25, 0.3) is 0 Å². The maximum absolute atomic E-state index is 10.4. The minimum Gasteiger partial charge on any atom is -0.481 e. The number of rotatable bonds is 11. The highest BCUT2D eigenvalue weighted by Crippen LogP contribution is 2.37. The van der Waals surface area contributed by atoms with E-state index < -0.39 is 5.97 Å². The lowest BCUT2D eigenvalue weighted by Crippen LogP contribution is -2.05. The first-order valence-corrected chi connectivity index (χ1v) is 7.07. The van der Waals surface area contributed by atoms with Gasteiger partial charge in [0.2, 0.25) is 0 Å². The Morgan fingerprint density at radius 3 is 1.88 bits per heavy atom. The van der Waals surface area contributed by atoms with Gasteiger partial charge < -0.3 is 5.11 Å². The highest BCUT2D eigenvalue weighted by Gasteiger charge is 2.10. The molecule has 0 aromatic heterocycles. The summed E-state index contributed by atoms with van der Waals surface area (Å²) >= 11 is 0. The molecule has 0 heterocycles. The third-order valence-corrected chi connectivity index (χ3v) is 4.82. The van der Waals surface area contributed by atoms with Crippen molar-refractivity contribution in [3.05, 3.63) is 0 Å². The Bertz CT molecular complexity index is 167. The number of carbonyl (C=O) groups is 1. The zero-order chi connectivity index (χ0) is 12.2. The molecule has 0 rings (SSSR count). The standard InChI is InChI=1S/C9H19O6P/c10-9(11)3-8-16(6-1-4-14-12)7-2-5-15-13/h12-13H,1-8H2,(H,10,11). The van der Waals surface area contributed by atoms with Gasteiger partial charge in [-0.15, -0.1) is 7.92 Å². The first kappa shape index (κ1) is 15.7. The fourth-order valence-electron chi connectivity index (χ4n) is 1.29. The van der Waals surface area contributed by atoms with Crippen LogP contribution < -0.4 is 0 Å². The fourth-order valence-corrected chi connectivity index (χ4v) is 3.63. The van der Waals surface area contributed by atoms with Gasteiger partial charge in [-0.3, -0.25) is 15.3 Å². The van der Waals surface area contributed by atoms with E-state index in [0.29, 0.717) is 6.16 Å². The minimum absolute atomic E-state index is 0.172. The van der Waals surface area contributed by atoms with Crippen LogP contribution in [-0.2, 0) is 14.6 Å². The van der Waals surface area contributed by atoms with Crippen molar-refractivity contribution < 1.29 is 30.2 Å². The summed E-state index contributed by atoms with van der Waals surface area (Å²) in [7, 11) is -0.379. The minimum atomic E-state index is -0.788. The molecule has 0 aromatic carbocycles. The Hall–Kier alpha value is -0.260. The predicted octanol–water partition coefficient (Wildman–Crippen LogP) is 1.70. The van der Waals surface area contributed by atoms with E-state index in [0.717, 1.165) is 25.2 Å². The molecule has 7 heteroatoms. The predicted molar refractivity (Wildman–Crippen MR) is 60.2 cm³/mol. The van der Waals surface area contributed by atoms with Gasteiger partial charge in [0.15, 0.2) is 0 Å². The van der Waals surface area contributed by atoms with Crippen LogP contribution in [0.4, 0.5) is 0 Å². The molecular weight excluding hydrogens is 235 g/mol. The molecule has 0 saturated heterocycles. The molecule has 6 nitrogen and oxygen atoms in total. The van der Waals surface area contributed by atoms with E-state index >= 15 is 0 Å². The van der Waals surface area contributed by atoms with Crippen molar-refractivity contribution in [1.29, 1.82) is 0 Å². The second kappa shape index (κ2) is 11.2. The summed E-state index contributed by atoms with van der Waals surface area (Å²) in [6.07, 6.45) is 4.03.